The smallest absolute Gasteiger partial charge is 0.113 e. The zero-order valence-corrected chi connectivity index (χ0v) is 20.0. The van der Waals surface area contributed by atoms with E-state index in [-0.39, 0.29) is 0 Å². The molecule has 1 heterocycles. The van der Waals surface area contributed by atoms with Gasteiger partial charge in [-0.15, -0.1) is 0 Å². The second-order valence-electron chi connectivity index (χ2n) is 8.99. The number of ether oxygens (including phenoxy) is 1. The molecule has 1 saturated heterocycles. The maximum absolute atomic E-state index is 11.8. The van der Waals surface area contributed by atoms with E-state index < -0.39 is 44.3 Å². The minimum atomic E-state index is -1.98. The predicted octanol–water partition coefficient (Wildman–Crippen LogP) is 3.00. The van der Waals surface area contributed by atoms with Crippen molar-refractivity contribution in [2.75, 3.05) is 26.1 Å². The van der Waals surface area contributed by atoms with Gasteiger partial charge in [0.2, 0.25) is 0 Å². The molecule has 1 aliphatic rings. The summed E-state index contributed by atoms with van der Waals surface area (Å²) in [5, 5.41) is 40.5. The van der Waals surface area contributed by atoms with Crippen molar-refractivity contribution in [1.29, 1.82) is 0 Å². The van der Waals surface area contributed by atoms with Crippen molar-refractivity contribution in [3.05, 3.63) is 69.7 Å². The van der Waals surface area contributed by atoms with Crippen LogP contribution in [0.1, 0.15) is 34.8 Å². The van der Waals surface area contributed by atoms with Crippen LogP contribution in [0.2, 0.25) is 5.02 Å². The largest absolute Gasteiger partial charge is 0.394 e. The number of benzene rings is 2. The first-order valence-corrected chi connectivity index (χ1v) is 14.0. The highest BCUT2D eigenvalue weighted by Crippen LogP contribution is 2.37. The number of rotatable bonds is 8. The first kappa shape index (κ1) is 25.4. The summed E-state index contributed by atoms with van der Waals surface area (Å²) in [7, 11) is -1.98. The van der Waals surface area contributed by atoms with Crippen molar-refractivity contribution in [1.82, 2.24) is 0 Å². The van der Waals surface area contributed by atoms with Crippen LogP contribution in [-0.4, -0.2) is 70.9 Å². The van der Waals surface area contributed by atoms with Gasteiger partial charge >= 0.3 is 0 Å². The maximum Gasteiger partial charge on any atom is 0.113 e. The molecule has 6 nitrogen and oxygen atoms in total. The zero-order chi connectivity index (χ0) is 23.5. The summed E-state index contributed by atoms with van der Waals surface area (Å²) in [6, 6.07) is 13.5. The van der Waals surface area contributed by atoms with Gasteiger partial charge in [-0.05, 0) is 60.9 Å². The Labute approximate surface area is 194 Å². The van der Waals surface area contributed by atoms with E-state index in [2.05, 4.69) is 12.1 Å². The molecule has 0 spiro atoms. The summed E-state index contributed by atoms with van der Waals surface area (Å²) in [5.41, 5.74) is 3.72. The van der Waals surface area contributed by atoms with E-state index >= 15 is 0 Å². The Morgan fingerprint density at radius 2 is 1.62 bits per heavy atom. The van der Waals surface area contributed by atoms with E-state index in [4.69, 9.17) is 16.3 Å². The highest BCUT2D eigenvalue weighted by molar-refractivity contribution is 7.62. The molecule has 1 fully saturated rings. The van der Waals surface area contributed by atoms with Crippen molar-refractivity contribution in [2.45, 2.75) is 49.8 Å². The van der Waals surface area contributed by atoms with E-state index in [0.717, 1.165) is 30.1 Å². The Morgan fingerprint density at radius 3 is 2.25 bits per heavy atom. The average Bonchev–Trinajstić information content (AvgIpc) is 2.74. The monoisotopic (exact) mass is 482 g/mol. The molecule has 0 aromatic heterocycles. The van der Waals surface area contributed by atoms with E-state index in [9.17, 15) is 25.0 Å². The summed E-state index contributed by atoms with van der Waals surface area (Å²) in [4.78, 5) is 0. The van der Waals surface area contributed by atoms with Crippen LogP contribution in [0.15, 0.2) is 42.5 Å². The number of hydrogen-bond acceptors (Lipinski definition) is 6. The van der Waals surface area contributed by atoms with Gasteiger partial charge in [0, 0.05) is 11.2 Å². The Balaban J connectivity index is 1.71. The minimum Gasteiger partial charge on any atom is -0.394 e. The molecular weight excluding hydrogens is 451 g/mol. The molecule has 0 saturated carbocycles. The number of aliphatic hydroxyl groups is 4. The minimum absolute atomic E-state index is 0.470. The third-order valence-corrected chi connectivity index (χ3v) is 7.63. The van der Waals surface area contributed by atoms with Crippen LogP contribution in [0.4, 0.5) is 0 Å². The molecular formula is C24H32ClO6P. The van der Waals surface area contributed by atoms with Gasteiger partial charge in [0.05, 0.1) is 13.7 Å². The summed E-state index contributed by atoms with van der Waals surface area (Å²) >= 11 is 6.41. The standard InChI is InChI=1S/C24H32ClO6P/c1-32(2,30)11-3-4-15-5-7-16(8-6-15)12-18-13-17(9-10-19(18)25)24-23(29)22(28)21(27)20(14-26)31-24/h5-10,13,20-24,26-29H,3-4,11-12,14H2,1-2H3/t20-,21-,22+,23-,24+/m1/s1. The van der Waals surface area contributed by atoms with Crippen LogP contribution in [-0.2, 0) is 22.1 Å². The molecule has 2 aromatic carbocycles. The molecule has 0 unspecified atom stereocenters. The second-order valence-corrected chi connectivity index (χ2v) is 13.0. The van der Waals surface area contributed by atoms with Gasteiger partial charge in [-0.1, -0.05) is 48.0 Å². The lowest BCUT2D eigenvalue weighted by Gasteiger charge is -2.40. The lowest BCUT2D eigenvalue weighted by Crippen LogP contribution is -2.55. The normalized spacial score (nSPS) is 26.3. The van der Waals surface area contributed by atoms with Crippen LogP contribution in [0.3, 0.4) is 0 Å². The van der Waals surface area contributed by atoms with Crippen molar-refractivity contribution < 1.29 is 29.7 Å². The Kier molecular flexibility index (Phi) is 8.56. The predicted molar refractivity (Wildman–Crippen MR) is 126 cm³/mol. The van der Waals surface area contributed by atoms with Crippen molar-refractivity contribution in [3.8, 4) is 0 Å². The summed E-state index contributed by atoms with van der Waals surface area (Å²) in [5.74, 6) is 0. The molecule has 2 aromatic rings. The molecule has 0 bridgehead atoms. The van der Waals surface area contributed by atoms with Crippen LogP contribution < -0.4 is 0 Å². The Hall–Kier alpha value is -1.24. The molecule has 1 aliphatic heterocycles. The molecule has 4 N–H and O–H groups in total. The molecule has 0 amide bonds. The molecule has 0 radical (unpaired) electrons. The number of halogens is 1. The molecule has 0 aliphatic carbocycles. The van der Waals surface area contributed by atoms with E-state index in [1.165, 1.54) is 5.56 Å². The fraction of sp³-hybridized carbons (Fsp3) is 0.500. The first-order valence-electron chi connectivity index (χ1n) is 10.8. The van der Waals surface area contributed by atoms with Gasteiger partial charge in [0.15, 0.2) is 0 Å². The fourth-order valence-electron chi connectivity index (χ4n) is 3.99. The van der Waals surface area contributed by atoms with E-state index in [1.807, 2.05) is 31.5 Å². The van der Waals surface area contributed by atoms with Crippen LogP contribution >= 0.6 is 18.7 Å². The zero-order valence-electron chi connectivity index (χ0n) is 18.4. The van der Waals surface area contributed by atoms with Crippen molar-refractivity contribution >= 4 is 18.7 Å². The van der Waals surface area contributed by atoms with Gasteiger partial charge in [-0.25, -0.2) is 0 Å². The van der Waals surface area contributed by atoms with Gasteiger partial charge in [-0.2, -0.15) is 0 Å². The van der Waals surface area contributed by atoms with Gasteiger partial charge in [-0.3, -0.25) is 0 Å². The van der Waals surface area contributed by atoms with Crippen molar-refractivity contribution in [3.63, 3.8) is 0 Å². The maximum atomic E-state index is 11.8. The molecule has 3 rings (SSSR count). The lowest BCUT2D eigenvalue weighted by molar-refractivity contribution is -0.231. The van der Waals surface area contributed by atoms with Crippen LogP contribution in [0, 0.1) is 0 Å². The summed E-state index contributed by atoms with van der Waals surface area (Å²) in [6.07, 6.45) is -2.89. The highest BCUT2D eigenvalue weighted by atomic mass is 35.5. The summed E-state index contributed by atoms with van der Waals surface area (Å²) < 4.78 is 17.5. The summed E-state index contributed by atoms with van der Waals surface area (Å²) in [6.45, 7) is 3.17. The molecule has 176 valence electrons. The lowest BCUT2D eigenvalue weighted by atomic mass is 9.90. The Morgan fingerprint density at radius 1 is 0.969 bits per heavy atom. The van der Waals surface area contributed by atoms with Crippen LogP contribution in [0.25, 0.3) is 0 Å². The van der Waals surface area contributed by atoms with E-state index in [1.54, 1.807) is 12.1 Å². The molecule has 5 atom stereocenters. The second kappa shape index (κ2) is 10.8. The number of hydrogen-bond donors (Lipinski definition) is 4. The quantitative estimate of drug-likeness (QED) is 0.431. The number of aliphatic hydroxyl groups excluding tert-OH is 4. The molecule has 8 heteroatoms. The van der Waals surface area contributed by atoms with E-state index in [0.29, 0.717) is 17.0 Å². The SMILES string of the molecule is CP(C)(=O)CCCc1ccc(Cc2cc([C@@H]3O[C@H](CO)[C@@H](O)[C@H](O)[C@H]3O)ccc2Cl)cc1. The van der Waals surface area contributed by atoms with Crippen molar-refractivity contribution in [2.24, 2.45) is 0 Å². The number of aryl methyl sites for hydroxylation is 1. The first-order chi connectivity index (χ1) is 15.1. The van der Waals surface area contributed by atoms with Gasteiger partial charge < -0.3 is 29.7 Å². The third-order valence-electron chi connectivity index (χ3n) is 5.87. The Bertz CT molecular complexity index is 942. The topological polar surface area (TPSA) is 107 Å². The van der Waals surface area contributed by atoms with Gasteiger partial charge in [0.1, 0.15) is 30.5 Å². The van der Waals surface area contributed by atoms with Gasteiger partial charge in [0.25, 0.3) is 0 Å². The third kappa shape index (κ3) is 6.42. The fourth-order valence-corrected chi connectivity index (χ4v) is 5.10. The average molecular weight is 483 g/mol. The van der Waals surface area contributed by atoms with Crippen LogP contribution in [0.5, 0.6) is 0 Å². The highest BCUT2D eigenvalue weighted by Gasteiger charge is 2.44. The molecule has 32 heavy (non-hydrogen) atoms.